The van der Waals surface area contributed by atoms with Crippen LogP contribution in [0, 0.1) is 5.82 Å². The van der Waals surface area contributed by atoms with Crippen LogP contribution in [0.2, 0.25) is 0 Å². The van der Waals surface area contributed by atoms with Crippen molar-refractivity contribution in [2.45, 2.75) is 31.3 Å². The SMILES string of the molecule is CC(CN1CCC2(CC1)C(=O)NCN2c1cccc(F)c1)NC(=O)c1ccc(Br)cc1. The molecule has 2 amide bonds. The number of hydrogen-bond acceptors (Lipinski definition) is 4. The molecule has 2 aromatic rings. The average molecular weight is 489 g/mol. The van der Waals surface area contributed by atoms with E-state index in [1.165, 1.54) is 12.1 Å². The summed E-state index contributed by atoms with van der Waals surface area (Å²) in [6.07, 6.45) is 1.31. The van der Waals surface area contributed by atoms with Crippen molar-refractivity contribution in [2.75, 3.05) is 31.2 Å². The number of amides is 2. The largest absolute Gasteiger partial charge is 0.348 e. The van der Waals surface area contributed by atoms with Crippen LogP contribution in [-0.2, 0) is 4.79 Å². The van der Waals surface area contributed by atoms with Gasteiger partial charge in [-0.1, -0.05) is 22.0 Å². The van der Waals surface area contributed by atoms with Crippen molar-refractivity contribution in [1.29, 1.82) is 0 Å². The van der Waals surface area contributed by atoms with Gasteiger partial charge in [-0.3, -0.25) is 9.59 Å². The molecule has 2 aliphatic heterocycles. The minimum atomic E-state index is -0.645. The molecule has 164 valence electrons. The van der Waals surface area contributed by atoms with Crippen LogP contribution in [0.4, 0.5) is 10.1 Å². The topological polar surface area (TPSA) is 64.7 Å². The molecule has 1 unspecified atom stereocenters. The molecule has 0 aliphatic carbocycles. The van der Waals surface area contributed by atoms with Crippen molar-refractivity contribution >= 4 is 33.4 Å². The fourth-order valence-electron chi connectivity index (χ4n) is 4.52. The summed E-state index contributed by atoms with van der Waals surface area (Å²) in [6, 6.07) is 13.7. The van der Waals surface area contributed by atoms with Crippen LogP contribution in [0.1, 0.15) is 30.1 Å². The number of piperidine rings is 1. The predicted molar refractivity (Wildman–Crippen MR) is 121 cm³/mol. The summed E-state index contributed by atoms with van der Waals surface area (Å²) in [4.78, 5) is 29.5. The molecule has 31 heavy (non-hydrogen) atoms. The van der Waals surface area contributed by atoms with Crippen molar-refractivity contribution in [2.24, 2.45) is 0 Å². The minimum Gasteiger partial charge on any atom is -0.348 e. The number of carbonyl (C=O) groups excluding carboxylic acids is 2. The van der Waals surface area contributed by atoms with E-state index >= 15 is 0 Å². The molecule has 2 fully saturated rings. The van der Waals surface area contributed by atoms with Gasteiger partial charge in [-0.05, 0) is 62.2 Å². The zero-order valence-electron chi connectivity index (χ0n) is 17.4. The summed E-state index contributed by atoms with van der Waals surface area (Å²) in [6.45, 7) is 4.56. The van der Waals surface area contributed by atoms with Crippen molar-refractivity contribution in [3.8, 4) is 0 Å². The van der Waals surface area contributed by atoms with Crippen LogP contribution >= 0.6 is 15.9 Å². The molecule has 1 spiro atoms. The molecule has 1 atom stereocenters. The highest BCUT2D eigenvalue weighted by Gasteiger charge is 2.50. The van der Waals surface area contributed by atoms with E-state index in [1.54, 1.807) is 18.2 Å². The van der Waals surface area contributed by atoms with Crippen LogP contribution < -0.4 is 15.5 Å². The molecule has 0 bridgehead atoms. The second kappa shape index (κ2) is 8.96. The first-order valence-electron chi connectivity index (χ1n) is 10.5. The van der Waals surface area contributed by atoms with Crippen molar-refractivity contribution in [1.82, 2.24) is 15.5 Å². The van der Waals surface area contributed by atoms with E-state index in [9.17, 15) is 14.0 Å². The van der Waals surface area contributed by atoms with Gasteiger partial charge in [-0.25, -0.2) is 4.39 Å². The maximum absolute atomic E-state index is 13.7. The molecule has 2 saturated heterocycles. The Morgan fingerprint density at radius 3 is 2.61 bits per heavy atom. The van der Waals surface area contributed by atoms with Gasteiger partial charge in [0.15, 0.2) is 0 Å². The lowest BCUT2D eigenvalue weighted by atomic mass is 9.85. The molecular weight excluding hydrogens is 463 g/mol. The second-order valence-corrected chi connectivity index (χ2v) is 9.20. The van der Waals surface area contributed by atoms with Crippen LogP contribution in [0.25, 0.3) is 0 Å². The summed E-state index contributed by atoms with van der Waals surface area (Å²) in [5.41, 5.74) is 0.705. The average Bonchev–Trinajstić information content (AvgIpc) is 3.06. The van der Waals surface area contributed by atoms with E-state index in [-0.39, 0.29) is 23.7 Å². The normalized spacial score (nSPS) is 19.3. The number of nitrogens with one attached hydrogen (secondary N) is 2. The van der Waals surface area contributed by atoms with Gasteiger partial charge in [0, 0.05) is 41.4 Å². The molecule has 2 N–H and O–H groups in total. The molecule has 0 radical (unpaired) electrons. The lowest BCUT2D eigenvalue weighted by Crippen LogP contribution is -2.57. The van der Waals surface area contributed by atoms with Crippen molar-refractivity contribution < 1.29 is 14.0 Å². The van der Waals surface area contributed by atoms with Crippen LogP contribution in [0.3, 0.4) is 0 Å². The molecule has 2 aliphatic rings. The fourth-order valence-corrected chi connectivity index (χ4v) is 4.78. The maximum atomic E-state index is 13.7. The number of carbonyl (C=O) groups is 2. The quantitative estimate of drug-likeness (QED) is 0.678. The first kappa shape index (κ1) is 21.8. The number of benzene rings is 2. The molecule has 6 nitrogen and oxygen atoms in total. The second-order valence-electron chi connectivity index (χ2n) is 8.29. The van der Waals surface area contributed by atoms with Gasteiger partial charge in [-0.2, -0.15) is 0 Å². The lowest BCUT2D eigenvalue weighted by molar-refractivity contribution is -0.125. The molecule has 2 aromatic carbocycles. The Morgan fingerprint density at radius 2 is 1.94 bits per heavy atom. The Bertz CT molecular complexity index is 960. The molecule has 8 heteroatoms. The number of likely N-dealkylation sites (tertiary alicyclic amines) is 1. The third-order valence-corrected chi connectivity index (χ3v) is 6.68. The van der Waals surface area contributed by atoms with E-state index in [1.807, 2.05) is 30.0 Å². The Hall–Kier alpha value is -2.45. The monoisotopic (exact) mass is 488 g/mol. The zero-order chi connectivity index (χ0) is 22.0. The first-order chi connectivity index (χ1) is 14.9. The number of halogens is 2. The van der Waals surface area contributed by atoms with Gasteiger partial charge in [0.2, 0.25) is 5.91 Å². The van der Waals surface area contributed by atoms with Crippen molar-refractivity contribution in [3.63, 3.8) is 0 Å². The Kier molecular flexibility index (Phi) is 6.29. The highest BCUT2D eigenvalue weighted by atomic mass is 79.9. The van der Waals surface area contributed by atoms with E-state index in [2.05, 4.69) is 31.5 Å². The predicted octanol–water partition coefficient (Wildman–Crippen LogP) is 3.14. The van der Waals surface area contributed by atoms with Gasteiger partial charge in [-0.15, -0.1) is 0 Å². The first-order valence-corrected chi connectivity index (χ1v) is 11.3. The van der Waals surface area contributed by atoms with Gasteiger partial charge in [0.1, 0.15) is 11.4 Å². The zero-order valence-corrected chi connectivity index (χ0v) is 19.0. The minimum absolute atomic E-state index is 0.00741. The van der Waals surface area contributed by atoms with Crippen LogP contribution in [-0.4, -0.2) is 54.6 Å². The molecule has 4 rings (SSSR count). The number of rotatable bonds is 5. The van der Waals surface area contributed by atoms with E-state index < -0.39 is 5.54 Å². The Morgan fingerprint density at radius 1 is 1.23 bits per heavy atom. The number of hydrogen-bond donors (Lipinski definition) is 2. The number of nitrogens with zero attached hydrogens (tertiary/aromatic N) is 2. The van der Waals surface area contributed by atoms with Gasteiger partial charge >= 0.3 is 0 Å². The number of anilines is 1. The summed E-state index contributed by atoms with van der Waals surface area (Å²) in [5, 5.41) is 5.98. The van der Waals surface area contributed by atoms with Gasteiger partial charge in [0.05, 0.1) is 6.67 Å². The van der Waals surface area contributed by atoms with E-state index in [4.69, 9.17) is 0 Å². The van der Waals surface area contributed by atoms with E-state index in [0.717, 1.165) is 23.2 Å². The highest BCUT2D eigenvalue weighted by Crippen LogP contribution is 2.36. The standard InChI is InChI=1S/C23H26BrFN4O2/c1-16(27-21(30)17-5-7-18(24)8-6-17)14-28-11-9-23(10-12-28)22(31)26-15-29(23)20-4-2-3-19(25)13-20/h2-8,13,16H,9-12,14-15H2,1H3,(H,26,31)(H,27,30). The van der Waals surface area contributed by atoms with Crippen molar-refractivity contribution in [3.05, 3.63) is 64.4 Å². The van der Waals surface area contributed by atoms with E-state index in [0.29, 0.717) is 31.6 Å². The summed E-state index contributed by atoms with van der Waals surface area (Å²) < 4.78 is 14.7. The Balaban J connectivity index is 1.35. The molecule has 0 saturated carbocycles. The Labute approximate surface area is 189 Å². The fraction of sp³-hybridized carbons (Fsp3) is 0.391. The lowest BCUT2D eigenvalue weighted by Gasteiger charge is -2.43. The highest BCUT2D eigenvalue weighted by molar-refractivity contribution is 9.10. The third-order valence-electron chi connectivity index (χ3n) is 6.16. The molecular formula is C23H26BrFN4O2. The van der Waals surface area contributed by atoms with Gasteiger partial charge in [0.25, 0.3) is 5.91 Å². The van der Waals surface area contributed by atoms with Crippen LogP contribution in [0.15, 0.2) is 53.0 Å². The summed E-state index contributed by atoms with van der Waals surface area (Å²) in [7, 11) is 0. The summed E-state index contributed by atoms with van der Waals surface area (Å²) >= 11 is 3.37. The molecule has 2 heterocycles. The molecule has 0 aromatic heterocycles. The third kappa shape index (κ3) is 4.60. The maximum Gasteiger partial charge on any atom is 0.251 e. The summed E-state index contributed by atoms with van der Waals surface area (Å²) in [5.74, 6) is -0.395. The van der Waals surface area contributed by atoms with Gasteiger partial charge < -0.3 is 20.4 Å². The smallest absolute Gasteiger partial charge is 0.251 e. The van der Waals surface area contributed by atoms with Crippen LogP contribution in [0.5, 0.6) is 0 Å².